The second-order valence-corrected chi connectivity index (χ2v) is 6.89. The Kier molecular flexibility index (Phi) is 10.4. The van der Waals surface area contributed by atoms with E-state index >= 15 is 0 Å². The van der Waals surface area contributed by atoms with Crippen molar-refractivity contribution in [1.82, 2.24) is 0 Å². The number of halogens is 1. The number of rotatable bonds is 10. The third-order valence-electron chi connectivity index (χ3n) is 4.38. The van der Waals surface area contributed by atoms with Crippen molar-refractivity contribution in [1.29, 1.82) is 0 Å². The number of benzene rings is 1. The molecule has 2 atom stereocenters. The minimum atomic E-state index is 0.206. The van der Waals surface area contributed by atoms with E-state index < -0.39 is 0 Å². The lowest BCUT2D eigenvalue weighted by Gasteiger charge is -2.10. The zero-order valence-electron chi connectivity index (χ0n) is 17.1. The molecule has 0 radical (unpaired) electrons. The highest BCUT2D eigenvalue weighted by Gasteiger charge is 2.06. The van der Waals surface area contributed by atoms with E-state index in [0.717, 1.165) is 29.0 Å². The highest BCUT2D eigenvalue weighted by molar-refractivity contribution is 6.65. The number of hydrogen-bond acceptors (Lipinski definition) is 3. The van der Waals surface area contributed by atoms with E-state index in [9.17, 15) is 0 Å². The molecule has 0 heterocycles. The Morgan fingerprint density at radius 2 is 1.85 bits per heavy atom. The van der Waals surface area contributed by atoms with Crippen LogP contribution in [-0.4, -0.2) is 24.5 Å². The van der Waals surface area contributed by atoms with Crippen molar-refractivity contribution in [2.45, 2.75) is 34.1 Å². The molecule has 0 aliphatic rings. The van der Waals surface area contributed by atoms with Crippen LogP contribution in [-0.2, 0) is 0 Å². The molecule has 0 aliphatic heterocycles. The van der Waals surface area contributed by atoms with Crippen LogP contribution in [0.3, 0.4) is 0 Å². The summed E-state index contributed by atoms with van der Waals surface area (Å²) in [6, 6.07) is 7.92. The maximum absolute atomic E-state index is 6.15. The Labute approximate surface area is 169 Å². The van der Waals surface area contributed by atoms with Crippen LogP contribution in [0.4, 0.5) is 0 Å². The predicted octanol–water partition coefficient (Wildman–Crippen LogP) is 6.45. The second kappa shape index (κ2) is 12.3. The number of allylic oxidation sites excluding steroid dienone is 3. The number of nitrogens with zero attached hydrogens (tertiary/aromatic N) is 2. The molecule has 0 N–H and O–H groups in total. The van der Waals surface area contributed by atoms with Crippen molar-refractivity contribution in [3.05, 3.63) is 66.4 Å². The van der Waals surface area contributed by atoms with Crippen LogP contribution >= 0.6 is 11.6 Å². The van der Waals surface area contributed by atoms with E-state index in [-0.39, 0.29) is 11.8 Å². The Hall–Kier alpha value is -2.13. The van der Waals surface area contributed by atoms with Gasteiger partial charge in [-0.25, -0.2) is 4.99 Å². The van der Waals surface area contributed by atoms with E-state index in [1.807, 2.05) is 49.4 Å². The standard InChI is InChI=1S/C23H31ClN2O/c1-7-9-22(20-10-12-21(27-6)13-11-20)26-16-19(5)18(4)14-15-25-23(24)17(3)8-2/h7,9-15,17,19H,4,8,16H2,1-3,5-6H3/b9-7-,15-14-,25-23?,26-22?/t17?,19-/m1/s1. The molecule has 3 nitrogen and oxygen atoms in total. The third kappa shape index (κ3) is 7.96. The largest absolute Gasteiger partial charge is 0.497 e. The van der Waals surface area contributed by atoms with Crippen molar-refractivity contribution < 1.29 is 4.74 Å². The molecular weight excluding hydrogens is 356 g/mol. The first-order valence-electron chi connectivity index (χ1n) is 9.32. The summed E-state index contributed by atoms with van der Waals surface area (Å²) in [7, 11) is 1.66. The van der Waals surface area contributed by atoms with Crippen molar-refractivity contribution >= 4 is 22.5 Å². The minimum Gasteiger partial charge on any atom is -0.497 e. The molecule has 27 heavy (non-hydrogen) atoms. The number of methoxy groups -OCH3 is 1. The van der Waals surface area contributed by atoms with Crippen molar-refractivity contribution in [2.24, 2.45) is 21.8 Å². The highest BCUT2D eigenvalue weighted by atomic mass is 35.5. The molecule has 0 aromatic heterocycles. The zero-order chi connectivity index (χ0) is 20.2. The molecule has 1 rings (SSSR count). The van der Waals surface area contributed by atoms with Gasteiger partial charge in [-0.1, -0.05) is 45.0 Å². The van der Waals surface area contributed by atoms with Gasteiger partial charge < -0.3 is 4.74 Å². The molecule has 146 valence electrons. The van der Waals surface area contributed by atoms with Crippen LogP contribution in [0.2, 0.25) is 0 Å². The summed E-state index contributed by atoms with van der Waals surface area (Å²) < 4.78 is 5.22. The quantitative estimate of drug-likeness (QED) is 0.336. The van der Waals surface area contributed by atoms with Crippen LogP contribution < -0.4 is 4.74 Å². The van der Waals surface area contributed by atoms with Gasteiger partial charge >= 0.3 is 0 Å². The summed E-state index contributed by atoms with van der Waals surface area (Å²) in [5.41, 5.74) is 2.99. The van der Waals surface area contributed by atoms with Gasteiger partial charge in [-0.3, -0.25) is 4.99 Å². The van der Waals surface area contributed by atoms with Crippen LogP contribution in [0.5, 0.6) is 5.75 Å². The molecule has 0 fully saturated rings. The van der Waals surface area contributed by atoms with Gasteiger partial charge in [0.15, 0.2) is 0 Å². The van der Waals surface area contributed by atoms with Crippen molar-refractivity contribution in [3.8, 4) is 5.75 Å². The van der Waals surface area contributed by atoms with E-state index in [1.54, 1.807) is 13.3 Å². The van der Waals surface area contributed by atoms with Gasteiger partial charge in [0.25, 0.3) is 0 Å². The Morgan fingerprint density at radius 1 is 1.19 bits per heavy atom. The summed E-state index contributed by atoms with van der Waals surface area (Å²) >= 11 is 6.15. The van der Waals surface area contributed by atoms with Gasteiger partial charge in [0.1, 0.15) is 10.9 Å². The lowest BCUT2D eigenvalue weighted by Crippen LogP contribution is -2.05. The summed E-state index contributed by atoms with van der Waals surface area (Å²) in [5.74, 6) is 1.32. The monoisotopic (exact) mass is 386 g/mol. The first-order chi connectivity index (χ1) is 12.9. The number of ether oxygens (including phenoxy) is 1. The topological polar surface area (TPSA) is 34.0 Å². The average Bonchev–Trinajstić information content (AvgIpc) is 2.69. The molecule has 0 saturated carbocycles. The fourth-order valence-electron chi connectivity index (χ4n) is 2.18. The maximum Gasteiger partial charge on any atom is 0.118 e. The Morgan fingerprint density at radius 3 is 2.41 bits per heavy atom. The van der Waals surface area contributed by atoms with E-state index in [4.69, 9.17) is 21.3 Å². The predicted molar refractivity (Wildman–Crippen MR) is 119 cm³/mol. The number of aliphatic imine (C=N–C) groups is 2. The number of hydrogen-bond donors (Lipinski definition) is 0. The molecular formula is C23H31ClN2O. The van der Waals surface area contributed by atoms with E-state index in [0.29, 0.717) is 11.7 Å². The minimum absolute atomic E-state index is 0.206. The third-order valence-corrected chi connectivity index (χ3v) is 4.85. The van der Waals surface area contributed by atoms with Crippen molar-refractivity contribution in [2.75, 3.05) is 13.7 Å². The fraction of sp³-hybridized carbons (Fsp3) is 0.391. The summed E-state index contributed by atoms with van der Waals surface area (Å²) in [6.07, 6.45) is 8.62. The van der Waals surface area contributed by atoms with Crippen LogP contribution in [0, 0.1) is 11.8 Å². The summed E-state index contributed by atoms with van der Waals surface area (Å²) in [4.78, 5) is 9.07. The molecule has 0 bridgehead atoms. The van der Waals surface area contributed by atoms with Gasteiger partial charge in [-0.2, -0.15) is 0 Å². The molecule has 0 amide bonds. The smallest absolute Gasteiger partial charge is 0.118 e. The SMILES string of the molecule is C=C(/C=C\N=C(Cl)C(C)CC)[C@H](C)CN=C(/C=C\C)c1ccc(OC)cc1. The second-order valence-electron chi connectivity index (χ2n) is 6.51. The fourth-order valence-corrected chi connectivity index (χ4v) is 2.39. The molecule has 1 aromatic rings. The normalized spacial score (nSPS) is 15.3. The van der Waals surface area contributed by atoms with Gasteiger partial charge in [0, 0.05) is 24.6 Å². The average molecular weight is 387 g/mol. The maximum atomic E-state index is 6.15. The highest BCUT2D eigenvalue weighted by Crippen LogP contribution is 2.15. The Balaban J connectivity index is 2.79. The Bertz CT molecular complexity index is 714. The first kappa shape index (κ1) is 22.9. The van der Waals surface area contributed by atoms with Crippen LogP contribution in [0.1, 0.15) is 39.7 Å². The van der Waals surface area contributed by atoms with E-state index in [1.165, 1.54) is 0 Å². The zero-order valence-corrected chi connectivity index (χ0v) is 17.8. The summed E-state index contributed by atoms with van der Waals surface area (Å²) in [5, 5.41) is 0.627. The lowest BCUT2D eigenvalue weighted by atomic mass is 10.0. The molecule has 0 spiro atoms. The van der Waals surface area contributed by atoms with Crippen molar-refractivity contribution in [3.63, 3.8) is 0 Å². The molecule has 1 unspecified atom stereocenters. The molecule has 4 heteroatoms. The van der Waals surface area contributed by atoms with Gasteiger partial charge in [0.2, 0.25) is 0 Å². The van der Waals surface area contributed by atoms with Crippen LogP contribution in [0.15, 0.2) is 70.8 Å². The van der Waals surface area contributed by atoms with Gasteiger partial charge in [0.05, 0.1) is 12.8 Å². The first-order valence-corrected chi connectivity index (χ1v) is 9.70. The molecule has 0 aliphatic carbocycles. The van der Waals surface area contributed by atoms with Gasteiger partial charge in [-0.15, -0.1) is 0 Å². The lowest BCUT2D eigenvalue weighted by molar-refractivity contribution is 0.415. The van der Waals surface area contributed by atoms with E-state index in [2.05, 4.69) is 32.3 Å². The van der Waals surface area contributed by atoms with Gasteiger partial charge in [-0.05, 0) is 60.9 Å². The van der Waals surface area contributed by atoms with Crippen LogP contribution in [0.25, 0.3) is 0 Å². The molecule has 0 saturated heterocycles. The molecule has 1 aromatic carbocycles. The summed E-state index contributed by atoms with van der Waals surface area (Å²) in [6.45, 7) is 13.0.